The summed E-state index contributed by atoms with van der Waals surface area (Å²) in [6.45, 7) is 8.01. The molecule has 2 unspecified atom stereocenters. The summed E-state index contributed by atoms with van der Waals surface area (Å²) in [5, 5.41) is 4.28. The molecule has 2 N–H and O–H groups in total. The molecular weight excluding hydrogens is 240 g/mol. The van der Waals surface area contributed by atoms with Crippen LogP contribution in [0.5, 0.6) is 0 Å². The highest BCUT2D eigenvalue weighted by atomic mass is 16.5. The maximum Gasteiger partial charge on any atom is 0.138 e. The van der Waals surface area contributed by atoms with Gasteiger partial charge in [-0.05, 0) is 31.6 Å². The van der Waals surface area contributed by atoms with Gasteiger partial charge in [0.2, 0.25) is 0 Å². The highest BCUT2D eigenvalue weighted by Gasteiger charge is 2.36. The maximum atomic E-state index is 6.33. The molecule has 1 aliphatic carbocycles. The third kappa shape index (κ3) is 4.01. The van der Waals surface area contributed by atoms with E-state index in [1.54, 1.807) is 6.33 Å². The van der Waals surface area contributed by atoms with Crippen LogP contribution in [0, 0.1) is 11.8 Å². The molecule has 5 heteroatoms. The molecule has 1 fully saturated rings. The molecule has 0 aromatic carbocycles. The summed E-state index contributed by atoms with van der Waals surface area (Å²) in [7, 11) is 0. The van der Waals surface area contributed by atoms with E-state index in [0.29, 0.717) is 11.8 Å². The summed E-state index contributed by atoms with van der Waals surface area (Å²) in [5.41, 5.74) is 6.33. The molecule has 0 amide bonds. The molecule has 0 spiro atoms. The number of nitrogens with zero attached hydrogens (tertiary/aromatic N) is 3. The molecule has 1 saturated carbocycles. The van der Waals surface area contributed by atoms with E-state index < -0.39 is 0 Å². The van der Waals surface area contributed by atoms with Gasteiger partial charge in [-0.25, -0.2) is 9.67 Å². The molecule has 1 aromatic heterocycles. The van der Waals surface area contributed by atoms with Gasteiger partial charge in [0.15, 0.2) is 0 Å². The van der Waals surface area contributed by atoms with Gasteiger partial charge >= 0.3 is 0 Å². The first-order valence-electron chi connectivity index (χ1n) is 7.35. The Balaban J connectivity index is 1.97. The van der Waals surface area contributed by atoms with Crippen molar-refractivity contribution in [1.82, 2.24) is 14.8 Å². The highest BCUT2D eigenvalue weighted by molar-refractivity contribution is 4.96. The fraction of sp³-hybridized carbons (Fsp3) is 0.857. The lowest BCUT2D eigenvalue weighted by molar-refractivity contribution is 0.0281. The van der Waals surface area contributed by atoms with Gasteiger partial charge < -0.3 is 10.5 Å². The Morgan fingerprint density at radius 1 is 1.47 bits per heavy atom. The molecule has 0 bridgehead atoms. The predicted molar refractivity (Wildman–Crippen MR) is 74.7 cm³/mol. The Kier molecular flexibility index (Phi) is 4.93. The topological polar surface area (TPSA) is 66.0 Å². The molecule has 0 aliphatic heterocycles. The van der Waals surface area contributed by atoms with E-state index in [9.17, 15) is 0 Å². The second-order valence-electron chi connectivity index (χ2n) is 5.88. The van der Waals surface area contributed by atoms with Crippen LogP contribution in [-0.4, -0.2) is 33.5 Å². The van der Waals surface area contributed by atoms with Crippen LogP contribution < -0.4 is 5.73 Å². The first-order valence-corrected chi connectivity index (χ1v) is 7.35. The lowest BCUT2D eigenvalue weighted by Gasteiger charge is -2.23. The SMILES string of the molecule is CCOC(C(N)Cc1ncnn1CC(C)C)C1CC1. The average molecular weight is 266 g/mol. The predicted octanol–water partition coefficient (Wildman–Crippen LogP) is 1.62. The van der Waals surface area contributed by atoms with E-state index >= 15 is 0 Å². The van der Waals surface area contributed by atoms with Crippen LogP contribution in [0.4, 0.5) is 0 Å². The first kappa shape index (κ1) is 14.5. The smallest absolute Gasteiger partial charge is 0.138 e. The van der Waals surface area contributed by atoms with E-state index in [0.717, 1.165) is 25.4 Å². The van der Waals surface area contributed by atoms with Crippen LogP contribution in [0.1, 0.15) is 39.4 Å². The molecule has 2 atom stereocenters. The van der Waals surface area contributed by atoms with Crippen LogP contribution in [0.25, 0.3) is 0 Å². The van der Waals surface area contributed by atoms with Crippen molar-refractivity contribution in [2.45, 2.75) is 58.7 Å². The second-order valence-corrected chi connectivity index (χ2v) is 5.88. The van der Waals surface area contributed by atoms with Gasteiger partial charge in [-0.3, -0.25) is 0 Å². The number of nitrogens with two attached hydrogens (primary N) is 1. The van der Waals surface area contributed by atoms with Crippen molar-refractivity contribution in [1.29, 1.82) is 0 Å². The number of hydrogen-bond donors (Lipinski definition) is 1. The normalized spacial score (nSPS) is 18.8. The molecule has 108 valence electrons. The van der Waals surface area contributed by atoms with Crippen molar-refractivity contribution in [3.63, 3.8) is 0 Å². The van der Waals surface area contributed by atoms with Gasteiger partial charge in [-0.1, -0.05) is 13.8 Å². The molecular formula is C14H26N4O. The van der Waals surface area contributed by atoms with Crippen molar-refractivity contribution in [3.05, 3.63) is 12.2 Å². The van der Waals surface area contributed by atoms with Crippen molar-refractivity contribution in [3.8, 4) is 0 Å². The lowest BCUT2D eigenvalue weighted by atomic mass is 10.0. The molecule has 1 aliphatic rings. The highest BCUT2D eigenvalue weighted by Crippen LogP contribution is 2.35. The van der Waals surface area contributed by atoms with Gasteiger partial charge in [0, 0.05) is 25.6 Å². The van der Waals surface area contributed by atoms with Crippen molar-refractivity contribution < 1.29 is 4.74 Å². The summed E-state index contributed by atoms with van der Waals surface area (Å²) in [6, 6.07) is 0.0163. The Labute approximate surface area is 115 Å². The van der Waals surface area contributed by atoms with Crippen molar-refractivity contribution >= 4 is 0 Å². The Morgan fingerprint density at radius 2 is 2.21 bits per heavy atom. The molecule has 0 saturated heterocycles. The van der Waals surface area contributed by atoms with Gasteiger partial charge in [0.25, 0.3) is 0 Å². The first-order chi connectivity index (χ1) is 9.11. The van der Waals surface area contributed by atoms with Crippen LogP contribution >= 0.6 is 0 Å². The zero-order valence-electron chi connectivity index (χ0n) is 12.2. The molecule has 1 heterocycles. The molecule has 1 aromatic rings. The zero-order valence-corrected chi connectivity index (χ0v) is 12.2. The summed E-state index contributed by atoms with van der Waals surface area (Å²) in [4.78, 5) is 4.35. The Morgan fingerprint density at radius 3 is 2.79 bits per heavy atom. The zero-order chi connectivity index (χ0) is 13.8. The third-order valence-electron chi connectivity index (χ3n) is 3.52. The third-order valence-corrected chi connectivity index (χ3v) is 3.52. The fourth-order valence-corrected chi connectivity index (χ4v) is 2.50. The quantitative estimate of drug-likeness (QED) is 0.776. The standard InChI is InChI=1S/C14H26N4O/c1-4-19-14(11-5-6-11)12(15)7-13-16-9-17-18(13)8-10(2)3/h9-12,14H,4-8,15H2,1-3H3. The van der Waals surface area contributed by atoms with Crippen LogP contribution in [0.2, 0.25) is 0 Å². The van der Waals surface area contributed by atoms with Crippen LogP contribution in [0.3, 0.4) is 0 Å². The Hall–Kier alpha value is -0.940. The van der Waals surface area contributed by atoms with E-state index in [4.69, 9.17) is 10.5 Å². The summed E-state index contributed by atoms with van der Waals surface area (Å²) < 4.78 is 7.79. The van der Waals surface area contributed by atoms with Gasteiger partial charge in [0.05, 0.1) is 6.10 Å². The number of aromatic nitrogens is 3. The number of ether oxygens (including phenoxy) is 1. The van der Waals surface area contributed by atoms with Gasteiger partial charge in [0.1, 0.15) is 12.2 Å². The monoisotopic (exact) mass is 266 g/mol. The average Bonchev–Trinajstić information content (AvgIpc) is 3.10. The van der Waals surface area contributed by atoms with E-state index in [1.165, 1.54) is 12.8 Å². The molecule has 19 heavy (non-hydrogen) atoms. The van der Waals surface area contributed by atoms with Crippen LogP contribution in [-0.2, 0) is 17.7 Å². The Bertz CT molecular complexity index is 387. The van der Waals surface area contributed by atoms with Crippen molar-refractivity contribution in [2.24, 2.45) is 17.6 Å². The second kappa shape index (κ2) is 6.48. The minimum absolute atomic E-state index is 0.0163. The fourth-order valence-electron chi connectivity index (χ4n) is 2.50. The summed E-state index contributed by atoms with van der Waals surface area (Å²) in [5.74, 6) is 2.19. The molecule has 5 nitrogen and oxygen atoms in total. The maximum absolute atomic E-state index is 6.33. The van der Waals surface area contributed by atoms with Gasteiger partial charge in [-0.2, -0.15) is 5.10 Å². The largest absolute Gasteiger partial charge is 0.377 e. The number of rotatable bonds is 8. The van der Waals surface area contributed by atoms with E-state index in [-0.39, 0.29) is 12.1 Å². The summed E-state index contributed by atoms with van der Waals surface area (Å²) in [6.07, 6.45) is 5.04. The van der Waals surface area contributed by atoms with Crippen LogP contribution in [0.15, 0.2) is 6.33 Å². The van der Waals surface area contributed by atoms with Gasteiger partial charge in [-0.15, -0.1) is 0 Å². The molecule has 2 rings (SSSR count). The van der Waals surface area contributed by atoms with Crippen molar-refractivity contribution in [2.75, 3.05) is 6.61 Å². The minimum atomic E-state index is 0.0163. The number of hydrogen-bond acceptors (Lipinski definition) is 4. The molecule has 0 radical (unpaired) electrons. The van der Waals surface area contributed by atoms with E-state index in [2.05, 4.69) is 23.9 Å². The van der Waals surface area contributed by atoms with E-state index in [1.807, 2.05) is 11.6 Å². The summed E-state index contributed by atoms with van der Waals surface area (Å²) >= 11 is 0. The lowest BCUT2D eigenvalue weighted by Crippen LogP contribution is -2.41. The minimum Gasteiger partial charge on any atom is -0.377 e.